The van der Waals surface area contributed by atoms with E-state index in [9.17, 15) is 14.9 Å². The zero-order chi connectivity index (χ0) is 16.6. The second-order valence-electron chi connectivity index (χ2n) is 5.44. The second-order valence-corrected chi connectivity index (χ2v) is 6.70. The third-order valence-electron chi connectivity index (χ3n) is 4.01. The van der Waals surface area contributed by atoms with Gasteiger partial charge in [-0.1, -0.05) is 0 Å². The highest BCUT2D eigenvalue weighted by molar-refractivity contribution is 7.14. The maximum atomic E-state index is 12.9. The summed E-state index contributed by atoms with van der Waals surface area (Å²) in [7, 11) is 1.92. The van der Waals surface area contributed by atoms with E-state index in [1.54, 1.807) is 11.8 Å². The summed E-state index contributed by atoms with van der Waals surface area (Å²) in [6.45, 7) is 3.03. The van der Waals surface area contributed by atoms with Gasteiger partial charge in [0.15, 0.2) is 0 Å². The number of rotatable bonds is 3. The van der Waals surface area contributed by atoms with E-state index < -0.39 is 4.92 Å². The molecule has 1 aliphatic rings. The van der Waals surface area contributed by atoms with E-state index in [0.29, 0.717) is 29.5 Å². The number of ether oxygens (including phenoxy) is 1. The lowest BCUT2D eigenvalue weighted by molar-refractivity contribution is -0.385. The van der Waals surface area contributed by atoms with Crippen LogP contribution in [0.25, 0.3) is 0 Å². The summed E-state index contributed by atoms with van der Waals surface area (Å²) in [5.41, 5.74) is 0.989. The molecule has 1 saturated heterocycles. The fourth-order valence-corrected chi connectivity index (χ4v) is 3.76. The van der Waals surface area contributed by atoms with Gasteiger partial charge in [-0.3, -0.25) is 14.9 Å². The molecule has 0 saturated carbocycles. The molecule has 0 N–H and O–H groups in total. The van der Waals surface area contributed by atoms with Gasteiger partial charge >= 0.3 is 0 Å². The van der Waals surface area contributed by atoms with Crippen LogP contribution in [0.1, 0.15) is 26.3 Å². The van der Waals surface area contributed by atoms with Crippen LogP contribution < -0.4 is 0 Å². The Kier molecular flexibility index (Phi) is 4.18. The summed E-state index contributed by atoms with van der Waals surface area (Å²) in [6.07, 6.45) is 1.92. The molecule has 0 aliphatic carbocycles. The second kappa shape index (κ2) is 6.13. The smallest absolute Gasteiger partial charge is 0.283 e. The van der Waals surface area contributed by atoms with E-state index in [1.165, 1.54) is 17.4 Å². The Hall–Kier alpha value is -2.19. The Morgan fingerprint density at radius 2 is 2.30 bits per heavy atom. The Bertz CT molecular complexity index is 752. The Labute approximate surface area is 137 Å². The number of aromatic nitrogens is 1. The monoisotopic (exact) mass is 335 g/mol. The third-order valence-corrected chi connectivity index (χ3v) is 5.04. The summed E-state index contributed by atoms with van der Waals surface area (Å²) in [5.74, 6) is -0.180. The van der Waals surface area contributed by atoms with Gasteiger partial charge in [0.1, 0.15) is 0 Å². The molecule has 3 rings (SSSR count). The number of aryl methyl sites for hydroxylation is 2. The van der Waals surface area contributed by atoms with Crippen LogP contribution in [-0.4, -0.2) is 40.1 Å². The van der Waals surface area contributed by atoms with Crippen molar-refractivity contribution < 1.29 is 14.5 Å². The van der Waals surface area contributed by atoms with E-state index in [2.05, 4.69) is 0 Å². The number of thiophene rings is 1. The molecule has 3 heterocycles. The molecule has 0 spiro atoms. The SMILES string of the molecule is Cc1sc(C(=O)N2CCOC[C@@H]2c2cccn2C)cc1[N+](=O)[O-]. The van der Waals surface area contributed by atoms with Gasteiger partial charge < -0.3 is 14.2 Å². The van der Waals surface area contributed by atoms with Crippen LogP contribution in [0.2, 0.25) is 0 Å². The van der Waals surface area contributed by atoms with Crippen molar-refractivity contribution in [1.82, 2.24) is 9.47 Å². The molecule has 0 radical (unpaired) electrons. The molecule has 122 valence electrons. The summed E-state index contributed by atoms with van der Waals surface area (Å²) < 4.78 is 7.49. The lowest BCUT2D eigenvalue weighted by atomic mass is 10.1. The van der Waals surface area contributed by atoms with Gasteiger partial charge in [-0.15, -0.1) is 11.3 Å². The fourth-order valence-electron chi connectivity index (χ4n) is 2.81. The van der Waals surface area contributed by atoms with Crippen LogP contribution >= 0.6 is 11.3 Å². The standard InChI is InChI=1S/C15H17N3O4S/c1-10-12(18(20)21)8-14(23-10)15(19)17-6-7-22-9-13(17)11-4-3-5-16(11)2/h3-5,8,13H,6-7,9H2,1-2H3/t13-/m1/s1. The maximum absolute atomic E-state index is 12.9. The molecule has 1 amide bonds. The Balaban J connectivity index is 1.91. The summed E-state index contributed by atoms with van der Waals surface area (Å²) in [6, 6.07) is 5.08. The van der Waals surface area contributed by atoms with Crippen molar-refractivity contribution in [3.05, 3.63) is 50.0 Å². The van der Waals surface area contributed by atoms with Crippen molar-refractivity contribution in [3.8, 4) is 0 Å². The molecular formula is C15H17N3O4S. The van der Waals surface area contributed by atoms with E-state index in [1.807, 2.05) is 29.9 Å². The minimum atomic E-state index is -0.448. The highest BCUT2D eigenvalue weighted by atomic mass is 32.1. The zero-order valence-electron chi connectivity index (χ0n) is 12.9. The van der Waals surface area contributed by atoms with Crippen LogP contribution in [-0.2, 0) is 11.8 Å². The number of morpholine rings is 1. The number of carbonyl (C=O) groups excluding carboxylic acids is 1. The average Bonchev–Trinajstić information content (AvgIpc) is 3.12. The van der Waals surface area contributed by atoms with Crippen molar-refractivity contribution in [3.63, 3.8) is 0 Å². The molecule has 23 heavy (non-hydrogen) atoms. The quantitative estimate of drug-likeness (QED) is 0.638. The van der Waals surface area contributed by atoms with Gasteiger partial charge in [-0.2, -0.15) is 0 Å². The molecule has 2 aromatic rings. The lowest BCUT2D eigenvalue weighted by Crippen LogP contribution is -2.43. The largest absolute Gasteiger partial charge is 0.377 e. The summed E-state index contributed by atoms with van der Waals surface area (Å²) in [5, 5.41) is 11.0. The maximum Gasteiger partial charge on any atom is 0.283 e. The first-order valence-electron chi connectivity index (χ1n) is 7.24. The molecule has 0 unspecified atom stereocenters. The predicted molar refractivity (Wildman–Crippen MR) is 85.7 cm³/mol. The molecule has 8 heteroatoms. The van der Waals surface area contributed by atoms with Crippen LogP contribution in [0, 0.1) is 17.0 Å². The third kappa shape index (κ3) is 2.87. The number of hydrogen-bond acceptors (Lipinski definition) is 5. The van der Waals surface area contributed by atoms with Crippen molar-refractivity contribution in [2.45, 2.75) is 13.0 Å². The van der Waals surface area contributed by atoms with Gasteiger partial charge in [0.05, 0.1) is 33.9 Å². The molecule has 1 fully saturated rings. The number of hydrogen-bond donors (Lipinski definition) is 0. The Morgan fingerprint density at radius 1 is 1.52 bits per heavy atom. The van der Waals surface area contributed by atoms with Crippen molar-refractivity contribution in [1.29, 1.82) is 0 Å². The van der Waals surface area contributed by atoms with Crippen LogP contribution in [0.5, 0.6) is 0 Å². The average molecular weight is 335 g/mol. The van der Waals surface area contributed by atoms with Gasteiger partial charge in [0.2, 0.25) is 0 Å². The molecule has 1 atom stereocenters. The fraction of sp³-hybridized carbons (Fsp3) is 0.400. The first-order valence-corrected chi connectivity index (χ1v) is 8.05. The minimum Gasteiger partial charge on any atom is -0.377 e. The van der Waals surface area contributed by atoms with Gasteiger partial charge in [-0.05, 0) is 19.1 Å². The molecular weight excluding hydrogens is 318 g/mol. The molecule has 0 aromatic carbocycles. The number of nitro groups is 1. The van der Waals surface area contributed by atoms with Gasteiger partial charge in [0.25, 0.3) is 11.6 Å². The highest BCUT2D eigenvalue weighted by Crippen LogP contribution is 2.32. The van der Waals surface area contributed by atoms with E-state index >= 15 is 0 Å². The normalized spacial score (nSPS) is 18.2. The topological polar surface area (TPSA) is 77.6 Å². The Morgan fingerprint density at radius 3 is 2.91 bits per heavy atom. The van der Waals surface area contributed by atoms with E-state index in [-0.39, 0.29) is 17.6 Å². The van der Waals surface area contributed by atoms with Crippen LogP contribution in [0.15, 0.2) is 24.4 Å². The van der Waals surface area contributed by atoms with Gasteiger partial charge in [0, 0.05) is 31.5 Å². The summed E-state index contributed by atoms with van der Waals surface area (Å²) in [4.78, 5) is 26.1. The predicted octanol–water partition coefficient (Wildman–Crippen LogP) is 2.52. The number of carbonyl (C=O) groups is 1. The van der Waals surface area contributed by atoms with Gasteiger partial charge in [-0.25, -0.2) is 0 Å². The van der Waals surface area contributed by atoms with Crippen LogP contribution in [0.4, 0.5) is 5.69 Å². The number of nitrogens with zero attached hydrogens (tertiary/aromatic N) is 3. The van der Waals surface area contributed by atoms with E-state index in [0.717, 1.165) is 5.69 Å². The van der Waals surface area contributed by atoms with Crippen molar-refractivity contribution >= 4 is 22.9 Å². The minimum absolute atomic E-state index is 0.00188. The zero-order valence-corrected chi connectivity index (χ0v) is 13.7. The molecule has 2 aromatic heterocycles. The highest BCUT2D eigenvalue weighted by Gasteiger charge is 2.32. The number of amides is 1. The van der Waals surface area contributed by atoms with Crippen molar-refractivity contribution in [2.24, 2.45) is 7.05 Å². The van der Waals surface area contributed by atoms with Crippen LogP contribution in [0.3, 0.4) is 0 Å². The molecule has 0 bridgehead atoms. The molecule has 1 aliphatic heterocycles. The van der Waals surface area contributed by atoms with E-state index in [4.69, 9.17) is 4.74 Å². The molecule has 7 nitrogen and oxygen atoms in total. The first kappa shape index (κ1) is 15.7. The lowest BCUT2D eigenvalue weighted by Gasteiger charge is -2.35. The summed E-state index contributed by atoms with van der Waals surface area (Å²) >= 11 is 1.17. The van der Waals surface area contributed by atoms with Crippen molar-refractivity contribution in [2.75, 3.05) is 19.8 Å². The first-order chi connectivity index (χ1) is 11.0.